The van der Waals surface area contributed by atoms with Crippen molar-refractivity contribution in [3.05, 3.63) is 0 Å². The van der Waals surface area contributed by atoms with Gasteiger partial charge in [-0.1, -0.05) is 0 Å². The summed E-state index contributed by atoms with van der Waals surface area (Å²) >= 11 is 5.00. The molecule has 0 aliphatic heterocycles. The van der Waals surface area contributed by atoms with Crippen molar-refractivity contribution in [3.8, 4) is 0 Å². The van der Waals surface area contributed by atoms with E-state index in [0.717, 1.165) is 10.6 Å². The third-order valence-electron chi connectivity index (χ3n) is 3.18. The summed E-state index contributed by atoms with van der Waals surface area (Å²) in [5.74, 6) is -2.24. The molecule has 0 aliphatic rings. The van der Waals surface area contributed by atoms with E-state index in [-0.39, 0.29) is 11.4 Å². The van der Waals surface area contributed by atoms with Crippen molar-refractivity contribution >= 4 is 64.8 Å². The molecule has 0 bridgehead atoms. The molecule has 2 atom stereocenters. The maximum atomic E-state index is 10.6. The van der Waals surface area contributed by atoms with Crippen LogP contribution in [0.5, 0.6) is 0 Å². The Morgan fingerprint density at radius 2 is 1.45 bits per heavy atom. The average molecular weight is 614 g/mol. The number of nitrogens with one attached hydrogen (secondary N) is 1. The van der Waals surface area contributed by atoms with E-state index >= 15 is 0 Å². The van der Waals surface area contributed by atoms with Gasteiger partial charge in [-0.15, -0.1) is 0 Å². The van der Waals surface area contributed by atoms with Crippen LogP contribution in [0.1, 0.15) is 54.4 Å². The van der Waals surface area contributed by atoms with Crippen LogP contribution in [0.3, 0.4) is 0 Å². The maximum absolute atomic E-state index is 10.6. The summed E-state index contributed by atoms with van der Waals surface area (Å²) in [4.78, 5) is 31.7. The van der Waals surface area contributed by atoms with E-state index < -0.39 is 23.0 Å². The number of hydrogen-bond acceptors (Lipinski definition) is 5. The van der Waals surface area contributed by atoms with Gasteiger partial charge >= 0.3 is 198 Å². The summed E-state index contributed by atoms with van der Waals surface area (Å²) in [5.41, 5.74) is 8.94. The van der Waals surface area contributed by atoms with Gasteiger partial charge in [0.05, 0.1) is 0 Å². The predicted octanol–water partition coefficient (Wildman–Crippen LogP) is 0.457. The van der Waals surface area contributed by atoms with Gasteiger partial charge in [0.25, 0.3) is 0 Å². The molecule has 1 amide bonds. The van der Waals surface area contributed by atoms with Crippen LogP contribution in [0, 0.1) is 0 Å². The molecule has 0 rings (SSSR count). The number of aliphatic carboxylic acids is 2. The fraction of sp³-hybridized carbons (Fsp3) is 0.833. The fourth-order valence-electron chi connectivity index (χ4n) is 1.14. The first-order chi connectivity index (χ1) is 13.0. The zero-order valence-electron chi connectivity index (χ0n) is 18.3. The molecule has 174 valence electrons. The summed E-state index contributed by atoms with van der Waals surface area (Å²) < 4.78 is 0. The Hall–Kier alpha value is -0.112. The van der Waals surface area contributed by atoms with E-state index in [1.807, 2.05) is 13.8 Å². The Balaban J connectivity index is -0.000000369. The van der Waals surface area contributed by atoms with Crippen molar-refractivity contribution in [2.75, 3.05) is 0 Å². The van der Waals surface area contributed by atoms with Crippen LogP contribution in [0.4, 0.5) is 0 Å². The van der Waals surface area contributed by atoms with Crippen molar-refractivity contribution in [1.82, 2.24) is 5.32 Å². The predicted molar refractivity (Wildman–Crippen MR) is 123 cm³/mol. The Labute approximate surface area is 197 Å². The van der Waals surface area contributed by atoms with E-state index in [1.165, 1.54) is 26.7 Å². The van der Waals surface area contributed by atoms with Crippen molar-refractivity contribution in [1.29, 1.82) is 0 Å². The van der Waals surface area contributed by atoms with Crippen LogP contribution in [0.25, 0.3) is 0 Å². The van der Waals surface area contributed by atoms with Gasteiger partial charge in [-0.05, 0) is 0 Å². The van der Waals surface area contributed by atoms with Crippen LogP contribution in [0.15, 0.2) is 0 Å². The number of carbonyl (C=O) groups excluding carboxylic acids is 1. The fourth-order valence-corrected chi connectivity index (χ4v) is 4.08. The SMILES string of the molecule is CC(=O)NC(C)(C[SeH])C(=O)O.CC(C)(N)C[SeH].CCCC[Se]CC(C)(N)C(=O)O. The van der Waals surface area contributed by atoms with Gasteiger partial charge in [-0.3, -0.25) is 0 Å². The van der Waals surface area contributed by atoms with Crippen molar-refractivity contribution in [2.45, 2.75) is 92.3 Å². The molecular formula is C18H39N3O5Se3. The van der Waals surface area contributed by atoms with Gasteiger partial charge < -0.3 is 0 Å². The van der Waals surface area contributed by atoms with E-state index in [0.29, 0.717) is 25.6 Å². The molecule has 0 saturated carbocycles. The number of nitrogens with two attached hydrogens (primary N) is 2. The second-order valence-electron chi connectivity index (χ2n) is 7.75. The Morgan fingerprint density at radius 3 is 1.66 bits per heavy atom. The van der Waals surface area contributed by atoms with Gasteiger partial charge in [-0.25, -0.2) is 0 Å². The molecule has 11 heteroatoms. The van der Waals surface area contributed by atoms with Crippen molar-refractivity contribution < 1.29 is 24.6 Å². The van der Waals surface area contributed by atoms with Gasteiger partial charge in [0.1, 0.15) is 0 Å². The molecule has 0 aliphatic carbocycles. The van der Waals surface area contributed by atoms with E-state index in [9.17, 15) is 14.4 Å². The van der Waals surface area contributed by atoms with Crippen LogP contribution < -0.4 is 16.8 Å². The van der Waals surface area contributed by atoms with E-state index in [1.54, 1.807) is 6.92 Å². The number of carboxylic acids is 2. The molecule has 0 aromatic heterocycles. The number of rotatable bonds is 10. The third kappa shape index (κ3) is 20.9. The van der Waals surface area contributed by atoms with Crippen LogP contribution >= 0.6 is 0 Å². The third-order valence-corrected chi connectivity index (χ3v) is 9.12. The van der Waals surface area contributed by atoms with Gasteiger partial charge in [0.2, 0.25) is 0 Å². The van der Waals surface area contributed by atoms with Crippen molar-refractivity contribution in [2.24, 2.45) is 11.5 Å². The first-order valence-electron chi connectivity index (χ1n) is 9.11. The Morgan fingerprint density at radius 1 is 1.00 bits per heavy atom. The zero-order valence-corrected chi connectivity index (χ0v) is 23.8. The van der Waals surface area contributed by atoms with E-state index in [4.69, 9.17) is 21.7 Å². The molecule has 0 saturated heterocycles. The first kappa shape index (κ1) is 33.5. The molecular weight excluding hydrogens is 575 g/mol. The minimum atomic E-state index is -1.15. The van der Waals surface area contributed by atoms with Gasteiger partial charge in [0.15, 0.2) is 0 Å². The number of carboxylic acid groups (broad SMARTS) is 2. The molecule has 2 unspecified atom stereocenters. The van der Waals surface area contributed by atoms with E-state index in [2.05, 4.69) is 44.3 Å². The normalized spacial score (nSPS) is 14.7. The monoisotopic (exact) mass is 617 g/mol. The first-order valence-corrected chi connectivity index (χ1v) is 14.2. The molecule has 0 fully saturated rings. The van der Waals surface area contributed by atoms with Crippen molar-refractivity contribution in [3.63, 3.8) is 0 Å². The molecule has 29 heavy (non-hydrogen) atoms. The zero-order chi connectivity index (χ0) is 23.9. The number of amides is 1. The Bertz CT molecular complexity index is 500. The molecule has 0 radical (unpaired) electrons. The molecule has 7 N–H and O–H groups in total. The van der Waals surface area contributed by atoms with Gasteiger partial charge in [-0.2, -0.15) is 0 Å². The number of hydrogen-bond donors (Lipinski definition) is 5. The second-order valence-corrected chi connectivity index (χ2v) is 11.4. The molecule has 0 aromatic rings. The number of carbonyl (C=O) groups is 3. The van der Waals surface area contributed by atoms with Gasteiger partial charge in [0, 0.05) is 0 Å². The summed E-state index contributed by atoms with van der Waals surface area (Å²) in [6, 6.07) is 0. The summed E-state index contributed by atoms with van der Waals surface area (Å²) in [6.07, 6.45) is 2.37. The standard InChI is InChI=1S/C8H17NO2Se.C6H11NO3Se.C4H11NSe/c1-3-4-5-12-6-8(2,9)7(10)11;1-4(8)7-6(2,3-11)5(9)10;1-4(2,5)3-6/h3-6,9H2,1-2H3,(H,10,11);11H,3H2,1-2H3,(H,7,8)(H,9,10);6H,3,5H2,1-2H3. The second kappa shape index (κ2) is 16.6. The molecule has 0 aromatic carbocycles. The molecule has 0 spiro atoms. The Kier molecular flexibility index (Phi) is 19.1. The number of unbranched alkanes of at least 4 members (excludes halogenated alkanes) is 1. The topological polar surface area (TPSA) is 156 Å². The van der Waals surface area contributed by atoms with Crippen LogP contribution in [-0.2, 0) is 14.4 Å². The molecule has 8 nitrogen and oxygen atoms in total. The summed E-state index contributed by atoms with van der Waals surface area (Å²) in [5, 5.41) is 22.8. The van der Waals surface area contributed by atoms with Crippen LogP contribution in [-0.4, -0.2) is 91.7 Å². The quantitative estimate of drug-likeness (QED) is 0.177. The average Bonchev–Trinajstić information content (AvgIpc) is 2.58. The summed E-state index contributed by atoms with van der Waals surface area (Å²) in [6.45, 7) is 10.5. The summed E-state index contributed by atoms with van der Waals surface area (Å²) in [7, 11) is 0. The van der Waals surface area contributed by atoms with Crippen LogP contribution in [0.2, 0.25) is 21.3 Å². The minimum absolute atomic E-state index is 0.0139. The molecule has 0 heterocycles.